The molecule has 6 nitrogen and oxygen atoms in total. The van der Waals surface area contributed by atoms with Gasteiger partial charge in [-0.1, -0.05) is 32.0 Å². The molecule has 2 aromatic carbocycles. The molecule has 2 N–H and O–H groups in total. The number of anilines is 1. The Morgan fingerprint density at radius 1 is 0.963 bits per heavy atom. The number of benzene rings is 2. The molecular weight excluding hydrogens is 342 g/mol. The maximum atomic E-state index is 12.2. The van der Waals surface area contributed by atoms with Gasteiger partial charge in [0, 0.05) is 25.3 Å². The molecule has 6 heteroatoms. The lowest BCUT2D eigenvalue weighted by atomic mass is 10.0. The second kappa shape index (κ2) is 9.07. The molecule has 0 saturated heterocycles. The van der Waals surface area contributed by atoms with Crippen molar-refractivity contribution in [2.75, 3.05) is 19.0 Å². The fraction of sp³-hybridized carbons (Fsp3) is 0.333. The van der Waals surface area contributed by atoms with Crippen LogP contribution >= 0.6 is 0 Å². The summed E-state index contributed by atoms with van der Waals surface area (Å²) in [6.07, 6.45) is -0.749. The number of amides is 2. The van der Waals surface area contributed by atoms with Crippen molar-refractivity contribution in [1.82, 2.24) is 10.9 Å². The minimum Gasteiger partial charge on any atom is -0.481 e. The van der Waals surface area contributed by atoms with Crippen LogP contribution in [0.1, 0.15) is 42.6 Å². The Bertz CT molecular complexity index is 803. The van der Waals surface area contributed by atoms with Gasteiger partial charge in [0.15, 0.2) is 6.10 Å². The molecule has 0 aliphatic carbocycles. The van der Waals surface area contributed by atoms with Gasteiger partial charge in [0.1, 0.15) is 5.75 Å². The van der Waals surface area contributed by atoms with Gasteiger partial charge in [-0.15, -0.1) is 0 Å². The molecule has 0 spiro atoms. The van der Waals surface area contributed by atoms with Gasteiger partial charge in [-0.2, -0.15) is 0 Å². The molecule has 0 heterocycles. The van der Waals surface area contributed by atoms with Gasteiger partial charge in [0.05, 0.1) is 0 Å². The average molecular weight is 369 g/mol. The Morgan fingerprint density at radius 2 is 1.67 bits per heavy atom. The summed E-state index contributed by atoms with van der Waals surface area (Å²) in [7, 11) is 3.79. The lowest BCUT2D eigenvalue weighted by Crippen LogP contribution is -2.47. The highest BCUT2D eigenvalue weighted by Gasteiger charge is 2.16. The minimum absolute atomic E-state index is 0.370. The number of hydrogen-bond acceptors (Lipinski definition) is 4. The number of nitrogens with one attached hydrogen (secondary N) is 2. The Hall–Kier alpha value is -3.02. The van der Waals surface area contributed by atoms with Crippen molar-refractivity contribution >= 4 is 17.5 Å². The molecule has 1 unspecified atom stereocenters. The normalized spacial score (nSPS) is 11.6. The number of nitrogens with zero attached hydrogens (tertiary/aromatic N) is 1. The van der Waals surface area contributed by atoms with E-state index in [-0.39, 0.29) is 5.91 Å². The second-order valence-electron chi connectivity index (χ2n) is 6.88. The highest BCUT2D eigenvalue weighted by Crippen LogP contribution is 2.21. The van der Waals surface area contributed by atoms with Gasteiger partial charge in [0.2, 0.25) is 0 Å². The number of rotatable bonds is 6. The fourth-order valence-corrected chi connectivity index (χ4v) is 2.42. The van der Waals surface area contributed by atoms with Gasteiger partial charge in [-0.25, -0.2) is 0 Å². The number of carbonyl (C=O) groups excluding carboxylic acids is 2. The van der Waals surface area contributed by atoms with E-state index in [4.69, 9.17) is 4.74 Å². The SMILES string of the molecule is CC(Oc1cccc(C(C)C)c1)C(=O)NNC(=O)c1cccc(N(C)C)c1. The zero-order valence-corrected chi connectivity index (χ0v) is 16.4. The average Bonchev–Trinajstić information content (AvgIpc) is 2.65. The summed E-state index contributed by atoms with van der Waals surface area (Å²) >= 11 is 0. The van der Waals surface area contributed by atoms with Gasteiger partial charge < -0.3 is 9.64 Å². The third-order valence-electron chi connectivity index (χ3n) is 4.13. The molecule has 2 aromatic rings. The molecule has 27 heavy (non-hydrogen) atoms. The molecule has 0 radical (unpaired) electrons. The van der Waals surface area contributed by atoms with Gasteiger partial charge in [-0.05, 0) is 48.7 Å². The quantitative estimate of drug-likeness (QED) is 0.768. The summed E-state index contributed by atoms with van der Waals surface area (Å²) in [6, 6.07) is 14.8. The van der Waals surface area contributed by atoms with E-state index >= 15 is 0 Å². The molecule has 0 fully saturated rings. The number of hydrogen-bond donors (Lipinski definition) is 2. The van der Waals surface area contributed by atoms with E-state index in [9.17, 15) is 9.59 Å². The zero-order chi connectivity index (χ0) is 20.0. The lowest BCUT2D eigenvalue weighted by Gasteiger charge is -2.17. The van der Waals surface area contributed by atoms with E-state index < -0.39 is 12.0 Å². The molecule has 0 aromatic heterocycles. The molecule has 2 amide bonds. The molecule has 2 rings (SSSR count). The predicted molar refractivity (Wildman–Crippen MR) is 107 cm³/mol. The first-order valence-electron chi connectivity index (χ1n) is 8.92. The van der Waals surface area contributed by atoms with Crippen molar-refractivity contribution in [3.05, 3.63) is 59.7 Å². The van der Waals surface area contributed by atoms with Gasteiger partial charge >= 0.3 is 0 Å². The van der Waals surface area contributed by atoms with E-state index in [1.807, 2.05) is 43.3 Å². The number of hydrazine groups is 1. The summed E-state index contributed by atoms with van der Waals surface area (Å²) in [5, 5.41) is 0. The highest BCUT2D eigenvalue weighted by molar-refractivity contribution is 5.96. The van der Waals surface area contributed by atoms with Gasteiger partial charge in [0.25, 0.3) is 11.8 Å². The summed E-state index contributed by atoms with van der Waals surface area (Å²) < 4.78 is 5.69. The van der Waals surface area contributed by atoms with Crippen LogP contribution in [0.2, 0.25) is 0 Å². The van der Waals surface area contributed by atoms with Crippen LogP contribution in [0.15, 0.2) is 48.5 Å². The van der Waals surface area contributed by atoms with E-state index in [2.05, 4.69) is 24.7 Å². The molecule has 0 saturated carbocycles. The summed E-state index contributed by atoms with van der Waals surface area (Å²) in [4.78, 5) is 26.4. The van der Waals surface area contributed by atoms with E-state index in [1.165, 1.54) is 0 Å². The van der Waals surface area contributed by atoms with Crippen molar-refractivity contribution in [2.24, 2.45) is 0 Å². The number of ether oxygens (including phenoxy) is 1. The standard InChI is InChI=1S/C21H27N3O3/c1-14(2)16-8-7-11-19(13-16)27-15(3)20(25)22-23-21(26)17-9-6-10-18(12-17)24(4)5/h6-15H,1-5H3,(H,22,25)(H,23,26). The minimum atomic E-state index is -0.749. The molecule has 0 bridgehead atoms. The largest absolute Gasteiger partial charge is 0.481 e. The van der Waals surface area contributed by atoms with Gasteiger partial charge in [-0.3, -0.25) is 20.4 Å². The van der Waals surface area contributed by atoms with Crippen LogP contribution in [0.5, 0.6) is 5.75 Å². The molecule has 0 aliphatic heterocycles. The maximum Gasteiger partial charge on any atom is 0.279 e. The van der Waals surface area contributed by atoms with E-state index in [0.717, 1.165) is 11.3 Å². The third kappa shape index (κ3) is 5.74. The zero-order valence-electron chi connectivity index (χ0n) is 16.4. The smallest absolute Gasteiger partial charge is 0.279 e. The molecular formula is C21H27N3O3. The highest BCUT2D eigenvalue weighted by atomic mass is 16.5. The molecule has 144 valence electrons. The Kier molecular flexibility index (Phi) is 6.82. The summed E-state index contributed by atoms with van der Waals surface area (Å²) in [5.41, 5.74) is 7.32. The van der Waals surface area contributed by atoms with Crippen molar-refractivity contribution in [1.29, 1.82) is 0 Å². The Labute approximate surface area is 160 Å². The van der Waals surface area contributed by atoms with E-state index in [0.29, 0.717) is 17.2 Å². The Balaban J connectivity index is 1.92. The maximum absolute atomic E-state index is 12.2. The first-order valence-corrected chi connectivity index (χ1v) is 8.92. The molecule has 0 aliphatic rings. The fourth-order valence-electron chi connectivity index (χ4n) is 2.42. The van der Waals surface area contributed by atoms with Crippen LogP contribution in [0.4, 0.5) is 5.69 Å². The van der Waals surface area contributed by atoms with Crippen LogP contribution < -0.4 is 20.5 Å². The van der Waals surface area contributed by atoms with Crippen LogP contribution in [-0.4, -0.2) is 32.0 Å². The van der Waals surface area contributed by atoms with E-state index in [1.54, 1.807) is 31.2 Å². The lowest BCUT2D eigenvalue weighted by molar-refractivity contribution is -0.128. The van der Waals surface area contributed by atoms with Crippen LogP contribution in [0, 0.1) is 0 Å². The van der Waals surface area contributed by atoms with Crippen molar-refractivity contribution in [3.8, 4) is 5.75 Å². The Morgan fingerprint density at radius 3 is 2.33 bits per heavy atom. The first kappa shape index (κ1) is 20.3. The second-order valence-corrected chi connectivity index (χ2v) is 6.88. The number of carbonyl (C=O) groups is 2. The molecule has 1 atom stereocenters. The van der Waals surface area contributed by atoms with Crippen molar-refractivity contribution in [2.45, 2.75) is 32.8 Å². The predicted octanol–water partition coefficient (Wildman–Crippen LogP) is 3.10. The van der Waals surface area contributed by atoms with Crippen LogP contribution in [0.25, 0.3) is 0 Å². The topological polar surface area (TPSA) is 70.7 Å². The third-order valence-corrected chi connectivity index (χ3v) is 4.13. The summed E-state index contributed by atoms with van der Waals surface area (Å²) in [5.74, 6) is 0.173. The van der Waals surface area contributed by atoms with Crippen LogP contribution in [0.3, 0.4) is 0 Å². The van der Waals surface area contributed by atoms with Crippen LogP contribution in [-0.2, 0) is 4.79 Å². The van der Waals surface area contributed by atoms with Crippen molar-refractivity contribution < 1.29 is 14.3 Å². The first-order chi connectivity index (χ1) is 12.8. The monoisotopic (exact) mass is 369 g/mol. The summed E-state index contributed by atoms with van der Waals surface area (Å²) in [6.45, 7) is 5.82. The van der Waals surface area contributed by atoms with Crippen molar-refractivity contribution in [3.63, 3.8) is 0 Å².